The first kappa shape index (κ1) is 14.7. The first-order valence-corrected chi connectivity index (χ1v) is 6.68. The summed E-state index contributed by atoms with van der Waals surface area (Å²) in [6, 6.07) is 4.29. The molecule has 0 spiro atoms. The zero-order valence-corrected chi connectivity index (χ0v) is 11.7. The molecule has 0 bridgehead atoms. The van der Waals surface area contributed by atoms with Gasteiger partial charge in [-0.3, -0.25) is 4.79 Å². The Morgan fingerprint density at radius 3 is 2.50 bits per heavy atom. The summed E-state index contributed by atoms with van der Waals surface area (Å²) < 4.78 is 30.8. The highest BCUT2D eigenvalue weighted by Crippen LogP contribution is 2.23. The highest BCUT2D eigenvalue weighted by molar-refractivity contribution is 7.87. The summed E-state index contributed by atoms with van der Waals surface area (Å²) >= 11 is 5.75. The van der Waals surface area contributed by atoms with Crippen molar-refractivity contribution in [3.63, 3.8) is 0 Å². The number of halogens is 1. The number of methoxy groups -OCH3 is 1. The zero-order valence-electron chi connectivity index (χ0n) is 10.1. The molecule has 1 rings (SSSR count). The Morgan fingerprint density at radius 1 is 1.39 bits per heavy atom. The van der Waals surface area contributed by atoms with Gasteiger partial charge in [0, 0.05) is 19.1 Å². The Hall–Kier alpha value is -1.31. The van der Waals surface area contributed by atoms with Crippen molar-refractivity contribution in [2.75, 3.05) is 21.2 Å². The van der Waals surface area contributed by atoms with Crippen LogP contribution in [-0.2, 0) is 10.2 Å². The molecule has 8 heteroatoms. The van der Waals surface area contributed by atoms with Crippen molar-refractivity contribution in [3.8, 4) is 5.75 Å². The maximum Gasteiger partial charge on any atom is 0.303 e. The minimum atomic E-state index is -3.84. The number of rotatable bonds is 4. The molecule has 0 saturated carbocycles. The molecule has 0 fully saturated rings. The maximum atomic E-state index is 11.8. The molecule has 0 heterocycles. The van der Waals surface area contributed by atoms with Crippen molar-refractivity contribution in [2.45, 2.75) is 0 Å². The van der Waals surface area contributed by atoms with Crippen LogP contribution in [0.4, 0.5) is 0 Å². The van der Waals surface area contributed by atoms with E-state index in [1.165, 1.54) is 39.4 Å². The normalized spacial score (nSPS) is 11.4. The molecule has 0 saturated heterocycles. The van der Waals surface area contributed by atoms with Crippen LogP contribution in [0.5, 0.6) is 5.75 Å². The fourth-order valence-corrected chi connectivity index (χ4v) is 1.80. The molecule has 0 unspecified atom stereocenters. The average molecular weight is 293 g/mol. The number of hydrogen-bond acceptors (Lipinski definition) is 4. The van der Waals surface area contributed by atoms with E-state index in [4.69, 9.17) is 16.3 Å². The Bertz CT molecular complexity index is 557. The molecular formula is C10H13ClN2O4S. The van der Waals surface area contributed by atoms with Gasteiger partial charge in [-0.25, -0.2) is 4.72 Å². The van der Waals surface area contributed by atoms with Gasteiger partial charge < -0.3 is 4.74 Å². The van der Waals surface area contributed by atoms with Crippen LogP contribution in [0.1, 0.15) is 10.4 Å². The van der Waals surface area contributed by atoms with E-state index in [1.54, 1.807) is 0 Å². The number of hydrogen-bond donors (Lipinski definition) is 1. The average Bonchev–Trinajstić information content (AvgIpc) is 2.27. The molecule has 100 valence electrons. The Morgan fingerprint density at radius 2 is 2.00 bits per heavy atom. The molecule has 6 nitrogen and oxygen atoms in total. The molecule has 0 aliphatic heterocycles. The summed E-state index contributed by atoms with van der Waals surface area (Å²) in [5, 5.41) is 0.388. The standard InChI is InChI=1S/C10H13ClN2O4S/c1-13(2)18(15,16)12-10(14)8-5-4-7(11)6-9(8)17-3/h4-6H,1-3H3,(H,12,14). The van der Waals surface area contributed by atoms with Crippen LogP contribution in [0.2, 0.25) is 5.02 Å². The van der Waals surface area contributed by atoms with E-state index < -0.39 is 16.1 Å². The van der Waals surface area contributed by atoms with Gasteiger partial charge in [-0.1, -0.05) is 11.6 Å². The Labute approximate surface area is 111 Å². The zero-order chi connectivity index (χ0) is 13.9. The summed E-state index contributed by atoms with van der Waals surface area (Å²) in [5.74, 6) is -0.578. The first-order valence-electron chi connectivity index (χ1n) is 4.86. The van der Waals surface area contributed by atoms with Gasteiger partial charge in [0.2, 0.25) is 0 Å². The SMILES string of the molecule is COc1cc(Cl)ccc1C(=O)NS(=O)(=O)N(C)C. The third-order valence-corrected chi connectivity index (χ3v) is 3.75. The topological polar surface area (TPSA) is 75.7 Å². The van der Waals surface area contributed by atoms with Crippen molar-refractivity contribution < 1.29 is 17.9 Å². The van der Waals surface area contributed by atoms with Gasteiger partial charge in [-0.2, -0.15) is 12.7 Å². The van der Waals surface area contributed by atoms with Crippen molar-refractivity contribution in [1.29, 1.82) is 0 Å². The summed E-state index contributed by atoms with van der Waals surface area (Å²) in [6.45, 7) is 0. The third-order valence-electron chi connectivity index (χ3n) is 2.11. The lowest BCUT2D eigenvalue weighted by atomic mass is 10.2. The number of carbonyl (C=O) groups excluding carboxylic acids is 1. The molecule has 18 heavy (non-hydrogen) atoms. The quantitative estimate of drug-likeness (QED) is 0.894. The van der Waals surface area contributed by atoms with E-state index in [0.717, 1.165) is 4.31 Å². The lowest BCUT2D eigenvalue weighted by Crippen LogP contribution is -2.39. The van der Waals surface area contributed by atoms with Gasteiger partial charge in [0.05, 0.1) is 12.7 Å². The van der Waals surface area contributed by atoms with E-state index in [9.17, 15) is 13.2 Å². The van der Waals surface area contributed by atoms with Crippen molar-refractivity contribution in [2.24, 2.45) is 0 Å². The molecule has 1 N–H and O–H groups in total. The van der Waals surface area contributed by atoms with Crippen LogP contribution < -0.4 is 9.46 Å². The van der Waals surface area contributed by atoms with Gasteiger partial charge in [0.15, 0.2) is 0 Å². The first-order chi connectivity index (χ1) is 8.27. The van der Waals surface area contributed by atoms with Crippen LogP contribution in [-0.4, -0.2) is 39.8 Å². The van der Waals surface area contributed by atoms with Gasteiger partial charge in [0.1, 0.15) is 5.75 Å². The van der Waals surface area contributed by atoms with Gasteiger partial charge >= 0.3 is 10.2 Å². The van der Waals surface area contributed by atoms with E-state index >= 15 is 0 Å². The third kappa shape index (κ3) is 3.34. The second-order valence-corrected chi connectivity index (χ2v) is 5.88. The van der Waals surface area contributed by atoms with E-state index in [0.29, 0.717) is 5.02 Å². The van der Waals surface area contributed by atoms with Crippen LogP contribution in [0.25, 0.3) is 0 Å². The monoisotopic (exact) mass is 292 g/mol. The van der Waals surface area contributed by atoms with Gasteiger partial charge in [0.25, 0.3) is 5.91 Å². The Balaban J connectivity index is 3.06. The molecule has 1 aromatic rings. The van der Waals surface area contributed by atoms with Crippen LogP contribution in [0.3, 0.4) is 0 Å². The molecule has 0 aromatic heterocycles. The minimum absolute atomic E-state index is 0.0901. The summed E-state index contributed by atoms with van der Waals surface area (Å²) in [4.78, 5) is 11.8. The number of ether oxygens (including phenoxy) is 1. The van der Waals surface area contributed by atoms with Crippen LogP contribution in [0, 0.1) is 0 Å². The summed E-state index contributed by atoms with van der Waals surface area (Å²) in [6.07, 6.45) is 0. The lowest BCUT2D eigenvalue weighted by molar-refractivity contribution is 0.0977. The van der Waals surface area contributed by atoms with Gasteiger partial charge in [-0.05, 0) is 18.2 Å². The number of benzene rings is 1. The van der Waals surface area contributed by atoms with Crippen molar-refractivity contribution in [3.05, 3.63) is 28.8 Å². The molecule has 0 aliphatic rings. The van der Waals surface area contributed by atoms with E-state index in [1.807, 2.05) is 4.72 Å². The van der Waals surface area contributed by atoms with Crippen molar-refractivity contribution >= 4 is 27.7 Å². The van der Waals surface area contributed by atoms with Crippen LogP contribution in [0.15, 0.2) is 18.2 Å². The lowest BCUT2D eigenvalue weighted by Gasteiger charge is -2.13. The molecule has 1 amide bonds. The van der Waals surface area contributed by atoms with Gasteiger partial charge in [-0.15, -0.1) is 0 Å². The molecule has 0 aliphatic carbocycles. The number of carbonyl (C=O) groups is 1. The largest absolute Gasteiger partial charge is 0.496 e. The predicted octanol–water partition coefficient (Wildman–Crippen LogP) is 0.885. The summed E-state index contributed by atoms with van der Waals surface area (Å²) in [7, 11) is 0.157. The fraction of sp³-hybridized carbons (Fsp3) is 0.300. The number of nitrogens with one attached hydrogen (secondary N) is 1. The molecule has 0 atom stereocenters. The second-order valence-electron chi connectivity index (χ2n) is 3.56. The molecular weight excluding hydrogens is 280 g/mol. The molecule has 0 radical (unpaired) electrons. The van der Waals surface area contributed by atoms with Crippen molar-refractivity contribution in [1.82, 2.24) is 9.03 Å². The maximum absolute atomic E-state index is 11.8. The molecule has 1 aromatic carbocycles. The van der Waals surface area contributed by atoms with Crippen LogP contribution >= 0.6 is 11.6 Å². The highest BCUT2D eigenvalue weighted by atomic mass is 35.5. The number of amides is 1. The fourth-order valence-electron chi connectivity index (χ4n) is 1.12. The predicted molar refractivity (Wildman–Crippen MR) is 68.1 cm³/mol. The minimum Gasteiger partial charge on any atom is -0.496 e. The smallest absolute Gasteiger partial charge is 0.303 e. The Kier molecular flexibility index (Phi) is 4.55. The number of nitrogens with zero attached hydrogens (tertiary/aromatic N) is 1. The van der Waals surface area contributed by atoms with E-state index in [2.05, 4.69) is 0 Å². The summed E-state index contributed by atoms with van der Waals surface area (Å²) in [5.41, 5.74) is 0.0901. The highest BCUT2D eigenvalue weighted by Gasteiger charge is 2.20. The van der Waals surface area contributed by atoms with E-state index in [-0.39, 0.29) is 11.3 Å². The second kappa shape index (κ2) is 5.55.